The third kappa shape index (κ3) is 3.71. The first kappa shape index (κ1) is 14.8. The Morgan fingerprint density at radius 3 is 2.65 bits per heavy atom. The normalized spacial score (nSPS) is 18.7. The van der Waals surface area contributed by atoms with Crippen LogP contribution in [-0.2, 0) is 11.2 Å². The fourth-order valence-corrected chi connectivity index (χ4v) is 2.53. The summed E-state index contributed by atoms with van der Waals surface area (Å²) in [5.41, 5.74) is 0.996. The van der Waals surface area contributed by atoms with Crippen molar-refractivity contribution >= 4 is 5.97 Å². The zero-order valence-electron chi connectivity index (χ0n) is 12.1. The Bertz CT molecular complexity index is 456. The molecule has 1 aromatic carbocycles. The second-order valence-electron chi connectivity index (χ2n) is 5.25. The van der Waals surface area contributed by atoms with Crippen molar-refractivity contribution < 1.29 is 14.6 Å². The van der Waals surface area contributed by atoms with Crippen LogP contribution in [0.5, 0.6) is 5.75 Å². The highest BCUT2D eigenvalue weighted by molar-refractivity contribution is 5.74. The van der Waals surface area contributed by atoms with Crippen molar-refractivity contribution in [1.29, 1.82) is 0 Å². The number of carbonyl (C=O) groups is 1. The van der Waals surface area contributed by atoms with Gasteiger partial charge >= 0.3 is 5.97 Å². The van der Waals surface area contributed by atoms with Gasteiger partial charge in [-0.05, 0) is 31.2 Å². The van der Waals surface area contributed by atoms with E-state index in [2.05, 4.69) is 16.8 Å². The Kier molecular flexibility index (Phi) is 4.98. The van der Waals surface area contributed by atoms with Crippen LogP contribution >= 0.6 is 0 Å². The summed E-state index contributed by atoms with van der Waals surface area (Å²) in [6.45, 7) is 3.44. The Morgan fingerprint density at radius 1 is 1.35 bits per heavy atom. The highest BCUT2D eigenvalue weighted by Crippen LogP contribution is 2.17. The molecule has 1 unspecified atom stereocenters. The minimum Gasteiger partial charge on any atom is -0.497 e. The summed E-state index contributed by atoms with van der Waals surface area (Å²) in [4.78, 5) is 15.8. The SMILES string of the molecule is COc1cccc(CC(C(=O)O)N2CCN(C)CC2)c1. The van der Waals surface area contributed by atoms with E-state index in [9.17, 15) is 9.90 Å². The predicted molar refractivity (Wildman–Crippen MR) is 77.2 cm³/mol. The summed E-state index contributed by atoms with van der Waals surface area (Å²) in [6.07, 6.45) is 0.510. The molecule has 0 aromatic heterocycles. The number of benzene rings is 1. The number of nitrogens with zero attached hydrogens (tertiary/aromatic N) is 2. The largest absolute Gasteiger partial charge is 0.497 e. The van der Waals surface area contributed by atoms with Gasteiger partial charge in [-0.15, -0.1) is 0 Å². The second-order valence-corrected chi connectivity index (χ2v) is 5.25. The Morgan fingerprint density at radius 2 is 2.05 bits per heavy atom. The van der Waals surface area contributed by atoms with Crippen LogP contribution in [0, 0.1) is 0 Å². The molecular formula is C15H22N2O3. The van der Waals surface area contributed by atoms with Crippen molar-refractivity contribution in [1.82, 2.24) is 9.80 Å². The standard InChI is InChI=1S/C15H22N2O3/c1-16-6-8-17(9-7-16)14(15(18)19)11-12-4-3-5-13(10-12)20-2/h3-5,10,14H,6-9,11H2,1-2H3,(H,18,19). The monoisotopic (exact) mass is 278 g/mol. The van der Waals surface area contributed by atoms with E-state index in [-0.39, 0.29) is 0 Å². The molecule has 0 spiro atoms. The molecule has 1 N–H and O–H groups in total. The average molecular weight is 278 g/mol. The quantitative estimate of drug-likeness (QED) is 0.868. The zero-order valence-corrected chi connectivity index (χ0v) is 12.1. The summed E-state index contributed by atoms with van der Waals surface area (Å²) >= 11 is 0. The Hall–Kier alpha value is -1.59. The van der Waals surface area contributed by atoms with Crippen LogP contribution in [0.1, 0.15) is 5.56 Å². The van der Waals surface area contributed by atoms with Gasteiger partial charge < -0.3 is 14.7 Å². The molecule has 0 radical (unpaired) electrons. The molecule has 0 amide bonds. The molecule has 0 aliphatic carbocycles. The van der Waals surface area contributed by atoms with Crippen molar-refractivity contribution in [3.8, 4) is 5.75 Å². The van der Waals surface area contributed by atoms with E-state index in [4.69, 9.17) is 4.74 Å². The number of hydrogen-bond acceptors (Lipinski definition) is 4. The highest BCUT2D eigenvalue weighted by atomic mass is 16.5. The summed E-state index contributed by atoms with van der Waals surface area (Å²) in [6, 6.07) is 7.17. The molecule has 1 aliphatic heterocycles. The first-order valence-corrected chi connectivity index (χ1v) is 6.88. The maximum atomic E-state index is 11.6. The van der Waals surface area contributed by atoms with Gasteiger partial charge in [0, 0.05) is 26.2 Å². The van der Waals surface area contributed by atoms with E-state index in [1.54, 1.807) is 7.11 Å². The van der Waals surface area contributed by atoms with Gasteiger partial charge in [-0.2, -0.15) is 0 Å². The first-order chi connectivity index (χ1) is 9.60. The number of likely N-dealkylation sites (N-methyl/N-ethyl adjacent to an activating group) is 1. The summed E-state index contributed by atoms with van der Waals surface area (Å²) < 4.78 is 5.19. The summed E-state index contributed by atoms with van der Waals surface area (Å²) in [5.74, 6) is 0.0161. The van der Waals surface area contributed by atoms with E-state index in [1.165, 1.54) is 0 Å². The van der Waals surface area contributed by atoms with E-state index < -0.39 is 12.0 Å². The van der Waals surface area contributed by atoms with Crippen molar-refractivity contribution in [2.24, 2.45) is 0 Å². The molecule has 1 heterocycles. The third-order valence-electron chi connectivity index (χ3n) is 3.83. The lowest BCUT2D eigenvalue weighted by molar-refractivity contribution is -0.144. The Labute approximate surface area is 119 Å². The van der Waals surface area contributed by atoms with Crippen LogP contribution in [0.15, 0.2) is 24.3 Å². The maximum Gasteiger partial charge on any atom is 0.321 e. The number of carboxylic acid groups (broad SMARTS) is 1. The molecule has 1 aliphatic rings. The number of rotatable bonds is 5. The topological polar surface area (TPSA) is 53.0 Å². The van der Waals surface area contributed by atoms with Gasteiger partial charge in [0.05, 0.1) is 7.11 Å². The average Bonchev–Trinajstić information content (AvgIpc) is 2.46. The molecule has 1 fully saturated rings. The van der Waals surface area contributed by atoms with Gasteiger partial charge in [0.2, 0.25) is 0 Å². The molecule has 1 aromatic rings. The van der Waals surface area contributed by atoms with E-state index in [1.807, 2.05) is 24.3 Å². The number of aliphatic carboxylic acids is 1. The lowest BCUT2D eigenvalue weighted by Gasteiger charge is -2.36. The lowest BCUT2D eigenvalue weighted by Crippen LogP contribution is -2.52. The molecule has 0 saturated carbocycles. The third-order valence-corrected chi connectivity index (χ3v) is 3.83. The minimum absolute atomic E-state index is 0.462. The van der Waals surface area contributed by atoms with Crippen LogP contribution in [0.2, 0.25) is 0 Å². The number of carboxylic acids is 1. The van der Waals surface area contributed by atoms with Crippen molar-refractivity contribution in [3.05, 3.63) is 29.8 Å². The second kappa shape index (κ2) is 6.72. The van der Waals surface area contributed by atoms with Crippen LogP contribution in [0.3, 0.4) is 0 Å². The van der Waals surface area contributed by atoms with Gasteiger partial charge in [-0.25, -0.2) is 0 Å². The van der Waals surface area contributed by atoms with Gasteiger partial charge in [0.15, 0.2) is 0 Å². The fourth-order valence-electron chi connectivity index (χ4n) is 2.53. The van der Waals surface area contributed by atoms with Crippen LogP contribution in [0.25, 0.3) is 0 Å². The van der Waals surface area contributed by atoms with Crippen LogP contribution in [-0.4, -0.2) is 67.3 Å². The smallest absolute Gasteiger partial charge is 0.321 e. The molecule has 0 bridgehead atoms. The molecule has 5 heteroatoms. The minimum atomic E-state index is -0.752. The molecule has 1 saturated heterocycles. The Balaban J connectivity index is 2.07. The molecular weight excluding hydrogens is 256 g/mol. The highest BCUT2D eigenvalue weighted by Gasteiger charge is 2.28. The van der Waals surface area contributed by atoms with Gasteiger partial charge in [0.1, 0.15) is 11.8 Å². The van der Waals surface area contributed by atoms with E-state index in [0.29, 0.717) is 6.42 Å². The predicted octanol–water partition coefficient (Wildman–Crippen LogP) is 0.938. The number of methoxy groups -OCH3 is 1. The van der Waals surface area contributed by atoms with Crippen LogP contribution < -0.4 is 4.74 Å². The molecule has 1 atom stereocenters. The maximum absolute atomic E-state index is 11.6. The molecule has 110 valence electrons. The van der Waals surface area contributed by atoms with Crippen molar-refractivity contribution in [3.63, 3.8) is 0 Å². The first-order valence-electron chi connectivity index (χ1n) is 6.88. The number of piperazine rings is 1. The van der Waals surface area contributed by atoms with E-state index in [0.717, 1.165) is 37.5 Å². The number of hydrogen-bond donors (Lipinski definition) is 1. The van der Waals surface area contributed by atoms with Crippen molar-refractivity contribution in [2.45, 2.75) is 12.5 Å². The van der Waals surface area contributed by atoms with Gasteiger partial charge in [0.25, 0.3) is 0 Å². The summed E-state index contributed by atoms with van der Waals surface area (Å²) in [7, 11) is 3.68. The zero-order chi connectivity index (χ0) is 14.5. The van der Waals surface area contributed by atoms with Gasteiger partial charge in [-0.3, -0.25) is 9.69 Å². The lowest BCUT2D eigenvalue weighted by atomic mass is 10.0. The van der Waals surface area contributed by atoms with Crippen LogP contribution in [0.4, 0.5) is 0 Å². The fraction of sp³-hybridized carbons (Fsp3) is 0.533. The number of ether oxygens (including phenoxy) is 1. The van der Waals surface area contributed by atoms with Gasteiger partial charge in [-0.1, -0.05) is 12.1 Å². The van der Waals surface area contributed by atoms with E-state index >= 15 is 0 Å². The summed E-state index contributed by atoms with van der Waals surface area (Å²) in [5, 5.41) is 9.49. The van der Waals surface area contributed by atoms with Crippen molar-refractivity contribution in [2.75, 3.05) is 40.3 Å². The molecule has 2 rings (SSSR count). The molecule has 5 nitrogen and oxygen atoms in total. The molecule has 20 heavy (non-hydrogen) atoms.